The molecule has 0 saturated heterocycles. The number of nitrogens with zero attached hydrogens (tertiary/aromatic N) is 2. The molecule has 1 aromatic heterocycles. The third kappa shape index (κ3) is 2.03. The molecule has 0 aliphatic heterocycles. The Balaban J connectivity index is 2.43. The van der Waals surface area contributed by atoms with Crippen molar-refractivity contribution >= 4 is 21.6 Å². The first kappa shape index (κ1) is 11.4. The van der Waals surface area contributed by atoms with Crippen LogP contribution in [-0.4, -0.2) is 22.6 Å². The SMILES string of the molecule is CCN(CC)Cn1c(=O)sc2ccccc21. The van der Waals surface area contributed by atoms with E-state index in [4.69, 9.17) is 0 Å². The highest BCUT2D eigenvalue weighted by Gasteiger charge is 2.08. The van der Waals surface area contributed by atoms with Crippen LogP contribution in [0.3, 0.4) is 0 Å². The van der Waals surface area contributed by atoms with E-state index in [0.29, 0.717) is 6.67 Å². The molecule has 0 aliphatic carbocycles. The van der Waals surface area contributed by atoms with Crippen LogP contribution in [0.4, 0.5) is 0 Å². The molecular formula is C12H16N2OS. The maximum Gasteiger partial charge on any atom is 0.309 e. The van der Waals surface area contributed by atoms with Crippen LogP contribution in [0.25, 0.3) is 10.2 Å². The van der Waals surface area contributed by atoms with E-state index in [0.717, 1.165) is 23.3 Å². The predicted octanol–water partition coefficient (Wildman–Crippen LogP) is 2.36. The number of thiazole rings is 1. The molecule has 4 heteroatoms. The highest BCUT2D eigenvalue weighted by atomic mass is 32.1. The number of benzene rings is 1. The topological polar surface area (TPSA) is 25.2 Å². The lowest BCUT2D eigenvalue weighted by Crippen LogP contribution is -2.29. The Bertz CT molecular complexity index is 525. The molecule has 3 nitrogen and oxygen atoms in total. The number of rotatable bonds is 4. The van der Waals surface area contributed by atoms with E-state index in [-0.39, 0.29) is 4.87 Å². The second kappa shape index (κ2) is 4.80. The lowest BCUT2D eigenvalue weighted by molar-refractivity contribution is 0.244. The number of para-hydroxylation sites is 1. The summed E-state index contributed by atoms with van der Waals surface area (Å²) >= 11 is 1.32. The Morgan fingerprint density at radius 3 is 2.62 bits per heavy atom. The van der Waals surface area contributed by atoms with Gasteiger partial charge in [-0.1, -0.05) is 37.3 Å². The van der Waals surface area contributed by atoms with Crippen molar-refractivity contribution < 1.29 is 0 Å². The van der Waals surface area contributed by atoms with Gasteiger partial charge in [0.1, 0.15) is 0 Å². The van der Waals surface area contributed by atoms with E-state index in [1.807, 2.05) is 28.8 Å². The second-order valence-corrected chi connectivity index (χ2v) is 4.70. The average Bonchev–Trinajstić information content (AvgIpc) is 2.62. The molecule has 0 spiro atoms. The molecule has 0 unspecified atom stereocenters. The fourth-order valence-corrected chi connectivity index (χ4v) is 2.66. The quantitative estimate of drug-likeness (QED) is 0.814. The van der Waals surface area contributed by atoms with Crippen LogP contribution in [0.1, 0.15) is 13.8 Å². The van der Waals surface area contributed by atoms with Crippen molar-refractivity contribution in [3.8, 4) is 0 Å². The number of fused-ring (bicyclic) bond motifs is 1. The molecule has 86 valence electrons. The van der Waals surface area contributed by atoms with Crippen molar-refractivity contribution in [2.75, 3.05) is 13.1 Å². The van der Waals surface area contributed by atoms with Crippen molar-refractivity contribution in [1.82, 2.24) is 9.47 Å². The first-order valence-corrected chi connectivity index (χ1v) is 6.38. The lowest BCUT2D eigenvalue weighted by atomic mass is 10.3. The van der Waals surface area contributed by atoms with E-state index in [1.54, 1.807) is 0 Å². The summed E-state index contributed by atoms with van der Waals surface area (Å²) in [6.07, 6.45) is 0. The number of aromatic nitrogens is 1. The van der Waals surface area contributed by atoms with Crippen molar-refractivity contribution in [3.05, 3.63) is 33.9 Å². The monoisotopic (exact) mass is 236 g/mol. The van der Waals surface area contributed by atoms with Crippen LogP contribution in [0.15, 0.2) is 29.1 Å². The van der Waals surface area contributed by atoms with Crippen molar-refractivity contribution in [1.29, 1.82) is 0 Å². The van der Waals surface area contributed by atoms with Crippen molar-refractivity contribution in [2.45, 2.75) is 20.5 Å². The molecule has 1 heterocycles. The first-order valence-electron chi connectivity index (χ1n) is 5.57. The summed E-state index contributed by atoms with van der Waals surface area (Å²) in [5.41, 5.74) is 1.05. The molecule has 0 radical (unpaired) electrons. The summed E-state index contributed by atoms with van der Waals surface area (Å²) in [7, 11) is 0. The van der Waals surface area contributed by atoms with E-state index < -0.39 is 0 Å². The van der Waals surface area contributed by atoms with Gasteiger partial charge in [-0.3, -0.25) is 14.3 Å². The van der Waals surface area contributed by atoms with Gasteiger partial charge in [0.2, 0.25) is 0 Å². The molecule has 0 aliphatic rings. The zero-order valence-corrected chi connectivity index (χ0v) is 10.5. The van der Waals surface area contributed by atoms with Gasteiger partial charge in [0.05, 0.1) is 16.9 Å². The van der Waals surface area contributed by atoms with Gasteiger partial charge in [0, 0.05) is 0 Å². The van der Waals surface area contributed by atoms with Gasteiger partial charge in [-0.15, -0.1) is 0 Å². The summed E-state index contributed by atoms with van der Waals surface area (Å²) in [4.78, 5) is 14.2. The fourth-order valence-electron chi connectivity index (χ4n) is 1.77. The van der Waals surface area contributed by atoms with E-state index in [9.17, 15) is 4.79 Å². The van der Waals surface area contributed by atoms with Gasteiger partial charge < -0.3 is 0 Å². The molecule has 0 bridgehead atoms. The lowest BCUT2D eigenvalue weighted by Gasteiger charge is -2.18. The Kier molecular flexibility index (Phi) is 3.41. The van der Waals surface area contributed by atoms with Crippen LogP contribution in [-0.2, 0) is 6.67 Å². The fraction of sp³-hybridized carbons (Fsp3) is 0.417. The zero-order valence-electron chi connectivity index (χ0n) is 9.64. The summed E-state index contributed by atoms with van der Waals surface area (Å²) in [6.45, 7) is 6.85. The third-order valence-corrected chi connectivity index (χ3v) is 3.77. The summed E-state index contributed by atoms with van der Waals surface area (Å²) < 4.78 is 2.92. The molecular weight excluding hydrogens is 220 g/mol. The van der Waals surface area contributed by atoms with Gasteiger partial charge in [-0.25, -0.2) is 0 Å². The number of hydrogen-bond donors (Lipinski definition) is 0. The van der Waals surface area contributed by atoms with Gasteiger partial charge in [0.25, 0.3) is 0 Å². The molecule has 2 rings (SSSR count). The minimum atomic E-state index is 0.133. The normalized spacial score (nSPS) is 11.4. The minimum Gasteiger partial charge on any atom is -0.286 e. The Morgan fingerprint density at radius 1 is 1.25 bits per heavy atom. The number of hydrogen-bond acceptors (Lipinski definition) is 3. The standard InChI is InChI=1S/C12H16N2OS/c1-3-13(4-2)9-14-10-7-5-6-8-11(10)16-12(14)15/h5-8H,3-4,9H2,1-2H3. The third-order valence-electron chi connectivity index (χ3n) is 2.81. The summed E-state index contributed by atoms with van der Waals surface area (Å²) in [6, 6.07) is 7.96. The van der Waals surface area contributed by atoms with Gasteiger partial charge in [-0.05, 0) is 25.2 Å². The van der Waals surface area contributed by atoms with Crippen LogP contribution in [0.5, 0.6) is 0 Å². The zero-order chi connectivity index (χ0) is 11.5. The highest BCUT2D eigenvalue weighted by molar-refractivity contribution is 7.16. The maximum atomic E-state index is 11.9. The average molecular weight is 236 g/mol. The minimum absolute atomic E-state index is 0.133. The molecule has 16 heavy (non-hydrogen) atoms. The molecule has 0 atom stereocenters. The van der Waals surface area contributed by atoms with Crippen LogP contribution < -0.4 is 4.87 Å². The van der Waals surface area contributed by atoms with E-state index >= 15 is 0 Å². The van der Waals surface area contributed by atoms with Crippen molar-refractivity contribution in [3.63, 3.8) is 0 Å². The van der Waals surface area contributed by atoms with Crippen LogP contribution in [0.2, 0.25) is 0 Å². The molecule has 0 amide bonds. The Labute approximate surface area is 98.9 Å². The Hall–Kier alpha value is -1.13. The first-order chi connectivity index (χ1) is 7.76. The molecule has 2 aromatic rings. The molecule has 0 fully saturated rings. The molecule has 1 aromatic carbocycles. The molecule has 0 saturated carbocycles. The van der Waals surface area contributed by atoms with Crippen molar-refractivity contribution in [2.24, 2.45) is 0 Å². The Morgan fingerprint density at radius 2 is 1.94 bits per heavy atom. The summed E-state index contributed by atoms with van der Waals surface area (Å²) in [5, 5.41) is 0. The van der Waals surface area contributed by atoms with Gasteiger partial charge in [-0.2, -0.15) is 0 Å². The maximum absolute atomic E-state index is 11.9. The van der Waals surface area contributed by atoms with E-state index in [2.05, 4.69) is 18.7 Å². The highest BCUT2D eigenvalue weighted by Crippen LogP contribution is 2.16. The smallest absolute Gasteiger partial charge is 0.286 e. The largest absolute Gasteiger partial charge is 0.309 e. The van der Waals surface area contributed by atoms with Gasteiger partial charge in [0.15, 0.2) is 0 Å². The van der Waals surface area contributed by atoms with E-state index in [1.165, 1.54) is 11.3 Å². The predicted molar refractivity (Wildman–Crippen MR) is 69.0 cm³/mol. The second-order valence-electron chi connectivity index (χ2n) is 3.71. The molecule has 0 N–H and O–H groups in total. The summed E-state index contributed by atoms with van der Waals surface area (Å²) in [5.74, 6) is 0. The van der Waals surface area contributed by atoms with Crippen LogP contribution >= 0.6 is 11.3 Å². The van der Waals surface area contributed by atoms with Crippen LogP contribution in [0, 0.1) is 0 Å². The van der Waals surface area contributed by atoms with Gasteiger partial charge >= 0.3 is 4.87 Å².